The van der Waals surface area contributed by atoms with Crippen molar-refractivity contribution in [1.82, 2.24) is 15.0 Å². The largest absolute Gasteiger partial charge is 0.423 e. The van der Waals surface area contributed by atoms with Gasteiger partial charge in [-0.15, -0.1) is 0 Å². The number of anilines is 2. The molecule has 0 aliphatic rings. The Morgan fingerprint density at radius 3 is 2.64 bits per heavy atom. The summed E-state index contributed by atoms with van der Waals surface area (Å²) in [6.07, 6.45) is 1.47. The molecule has 0 bridgehead atoms. The van der Waals surface area contributed by atoms with E-state index in [-0.39, 0.29) is 11.6 Å². The Hall–Kier alpha value is -3.48. The van der Waals surface area contributed by atoms with Crippen LogP contribution in [0.3, 0.4) is 0 Å². The van der Waals surface area contributed by atoms with Gasteiger partial charge in [0.15, 0.2) is 5.58 Å². The number of fused-ring (bicyclic) bond motifs is 2. The Labute approximate surface area is 143 Å². The summed E-state index contributed by atoms with van der Waals surface area (Å²) in [6.45, 7) is 0. The lowest BCUT2D eigenvalue weighted by molar-refractivity contribution is 0.102. The van der Waals surface area contributed by atoms with E-state index in [2.05, 4.69) is 20.3 Å². The van der Waals surface area contributed by atoms with Crippen molar-refractivity contribution >= 4 is 39.7 Å². The Morgan fingerprint density at radius 2 is 1.84 bits per heavy atom. The van der Waals surface area contributed by atoms with Gasteiger partial charge in [0, 0.05) is 19.8 Å². The first-order chi connectivity index (χ1) is 12.1. The number of carbonyl (C=O) groups excluding carboxylic acids is 1. The van der Waals surface area contributed by atoms with E-state index in [4.69, 9.17) is 4.42 Å². The zero-order chi connectivity index (χ0) is 17.4. The number of nitrogens with zero attached hydrogens (tertiary/aromatic N) is 4. The van der Waals surface area contributed by atoms with Crippen LogP contribution < -0.4 is 10.2 Å². The summed E-state index contributed by atoms with van der Waals surface area (Å²) in [7, 11) is 3.71. The fourth-order valence-corrected chi connectivity index (χ4v) is 2.45. The molecule has 2 aromatic heterocycles. The lowest BCUT2D eigenvalue weighted by Gasteiger charge is -2.05. The number of carbonyl (C=O) groups is 1. The number of benzene rings is 2. The van der Waals surface area contributed by atoms with Gasteiger partial charge in [0.1, 0.15) is 11.2 Å². The van der Waals surface area contributed by atoms with E-state index in [1.54, 1.807) is 23.1 Å². The Kier molecular flexibility index (Phi) is 3.53. The molecule has 0 saturated carbocycles. The third kappa shape index (κ3) is 2.87. The van der Waals surface area contributed by atoms with Crippen LogP contribution >= 0.6 is 0 Å². The van der Waals surface area contributed by atoms with Crippen molar-refractivity contribution in [2.75, 3.05) is 24.3 Å². The molecular weight excluding hydrogens is 318 g/mol. The van der Waals surface area contributed by atoms with E-state index in [1.165, 1.54) is 6.20 Å². The van der Waals surface area contributed by atoms with Crippen LogP contribution in [0.2, 0.25) is 0 Å². The second-order valence-electron chi connectivity index (χ2n) is 5.77. The summed E-state index contributed by atoms with van der Waals surface area (Å²) < 4.78 is 5.60. The van der Waals surface area contributed by atoms with E-state index in [0.717, 1.165) is 5.52 Å². The van der Waals surface area contributed by atoms with Crippen molar-refractivity contribution < 1.29 is 9.21 Å². The molecule has 7 nitrogen and oxygen atoms in total. The molecule has 1 amide bonds. The van der Waals surface area contributed by atoms with E-state index < -0.39 is 0 Å². The fourth-order valence-electron chi connectivity index (χ4n) is 2.45. The molecule has 0 saturated heterocycles. The van der Waals surface area contributed by atoms with Crippen LogP contribution in [0.5, 0.6) is 0 Å². The zero-order valence-corrected chi connectivity index (χ0v) is 13.7. The summed E-state index contributed by atoms with van der Waals surface area (Å²) in [5.74, 6) is -0.325. The number of aromatic nitrogens is 3. The normalized spacial score (nSPS) is 11.0. The first-order valence-corrected chi connectivity index (χ1v) is 7.71. The molecule has 2 aromatic carbocycles. The van der Waals surface area contributed by atoms with Gasteiger partial charge >= 0.3 is 0 Å². The predicted molar refractivity (Wildman–Crippen MR) is 95.8 cm³/mol. The van der Waals surface area contributed by atoms with Gasteiger partial charge in [-0.3, -0.25) is 9.78 Å². The summed E-state index contributed by atoms with van der Waals surface area (Å²) in [5, 5.41) is 2.82. The van der Waals surface area contributed by atoms with Gasteiger partial charge in [-0.25, -0.2) is 4.98 Å². The highest BCUT2D eigenvalue weighted by Gasteiger charge is 2.12. The highest BCUT2D eigenvalue weighted by molar-refractivity contribution is 6.04. The minimum atomic E-state index is -0.325. The number of hydrogen-bond donors (Lipinski definition) is 1. The molecule has 0 spiro atoms. The lowest BCUT2D eigenvalue weighted by atomic mass is 10.2. The molecule has 0 aliphatic heterocycles. The number of para-hydroxylation sites is 2. The van der Waals surface area contributed by atoms with Crippen molar-refractivity contribution in [1.29, 1.82) is 0 Å². The lowest BCUT2D eigenvalue weighted by Crippen LogP contribution is -2.14. The molecule has 4 aromatic rings. The van der Waals surface area contributed by atoms with Gasteiger partial charge in [-0.05, 0) is 30.3 Å². The number of oxazole rings is 1. The summed E-state index contributed by atoms with van der Waals surface area (Å²) in [4.78, 5) is 27.2. The maximum Gasteiger partial charge on any atom is 0.297 e. The molecule has 2 heterocycles. The maximum atomic E-state index is 12.4. The molecule has 4 rings (SSSR count). The molecule has 0 radical (unpaired) electrons. The molecule has 124 valence electrons. The Morgan fingerprint density at radius 1 is 1.04 bits per heavy atom. The quantitative estimate of drug-likeness (QED) is 0.620. The fraction of sp³-hybridized carbons (Fsp3) is 0.111. The molecule has 0 unspecified atom stereocenters. The van der Waals surface area contributed by atoms with E-state index in [1.807, 2.05) is 38.4 Å². The molecule has 1 N–H and O–H groups in total. The van der Waals surface area contributed by atoms with Crippen LogP contribution in [0.25, 0.3) is 22.1 Å². The SMILES string of the molecule is CN(C)c1nc2cc(NC(=O)c3cnc4ccccc4n3)ccc2o1. The summed E-state index contributed by atoms with van der Waals surface area (Å²) in [6, 6.07) is 13.2. The molecular formula is C18H15N5O2. The highest BCUT2D eigenvalue weighted by Crippen LogP contribution is 2.23. The van der Waals surface area contributed by atoms with Crippen molar-refractivity contribution in [3.05, 3.63) is 54.4 Å². The summed E-state index contributed by atoms with van der Waals surface area (Å²) in [5.41, 5.74) is 3.63. The molecule has 0 aliphatic carbocycles. The molecule has 7 heteroatoms. The first-order valence-electron chi connectivity index (χ1n) is 7.71. The van der Waals surface area contributed by atoms with E-state index in [9.17, 15) is 4.79 Å². The van der Waals surface area contributed by atoms with Crippen molar-refractivity contribution in [3.63, 3.8) is 0 Å². The van der Waals surface area contributed by atoms with Gasteiger partial charge in [0.05, 0.1) is 17.2 Å². The van der Waals surface area contributed by atoms with Crippen molar-refractivity contribution in [2.24, 2.45) is 0 Å². The summed E-state index contributed by atoms with van der Waals surface area (Å²) >= 11 is 0. The van der Waals surface area contributed by atoms with Gasteiger partial charge < -0.3 is 14.6 Å². The Bertz CT molecular complexity index is 1090. The third-order valence-electron chi connectivity index (χ3n) is 3.70. The van der Waals surface area contributed by atoms with Gasteiger partial charge in [0.25, 0.3) is 11.9 Å². The van der Waals surface area contributed by atoms with Crippen LogP contribution in [-0.4, -0.2) is 35.0 Å². The topological polar surface area (TPSA) is 84.2 Å². The van der Waals surface area contributed by atoms with Crippen LogP contribution in [0, 0.1) is 0 Å². The van der Waals surface area contributed by atoms with Gasteiger partial charge in [-0.1, -0.05) is 12.1 Å². The second-order valence-corrected chi connectivity index (χ2v) is 5.77. The monoisotopic (exact) mass is 333 g/mol. The minimum Gasteiger partial charge on any atom is -0.423 e. The van der Waals surface area contributed by atoms with Crippen LogP contribution in [-0.2, 0) is 0 Å². The van der Waals surface area contributed by atoms with Crippen LogP contribution in [0.4, 0.5) is 11.7 Å². The zero-order valence-electron chi connectivity index (χ0n) is 13.7. The average molecular weight is 333 g/mol. The van der Waals surface area contributed by atoms with Gasteiger partial charge in [-0.2, -0.15) is 4.98 Å². The van der Waals surface area contributed by atoms with E-state index >= 15 is 0 Å². The average Bonchev–Trinajstić information content (AvgIpc) is 3.05. The molecule has 0 fully saturated rings. The molecule has 25 heavy (non-hydrogen) atoms. The van der Waals surface area contributed by atoms with Crippen LogP contribution in [0.1, 0.15) is 10.5 Å². The Balaban J connectivity index is 1.61. The number of rotatable bonds is 3. The van der Waals surface area contributed by atoms with Crippen molar-refractivity contribution in [2.45, 2.75) is 0 Å². The van der Waals surface area contributed by atoms with Gasteiger partial charge in [0.2, 0.25) is 0 Å². The maximum absolute atomic E-state index is 12.4. The number of hydrogen-bond acceptors (Lipinski definition) is 6. The predicted octanol–water partition coefficient (Wildman–Crippen LogP) is 3.09. The number of amides is 1. The number of nitrogens with one attached hydrogen (secondary N) is 1. The van der Waals surface area contributed by atoms with E-state index in [0.29, 0.717) is 28.3 Å². The van der Waals surface area contributed by atoms with Crippen molar-refractivity contribution in [3.8, 4) is 0 Å². The highest BCUT2D eigenvalue weighted by atomic mass is 16.4. The first kappa shape index (κ1) is 15.1. The standard InChI is InChI=1S/C18H15N5O2/c1-23(2)18-22-14-9-11(7-8-16(14)25-18)20-17(24)15-10-19-12-5-3-4-6-13(12)21-15/h3-10H,1-2H3,(H,20,24). The minimum absolute atomic E-state index is 0.257. The smallest absolute Gasteiger partial charge is 0.297 e. The molecule has 0 atom stereocenters. The second kappa shape index (κ2) is 5.86. The third-order valence-corrected chi connectivity index (χ3v) is 3.70. The van der Waals surface area contributed by atoms with Crippen LogP contribution in [0.15, 0.2) is 53.1 Å².